The lowest BCUT2D eigenvalue weighted by Crippen LogP contribution is -2.32. The molecule has 0 aliphatic heterocycles. The summed E-state index contributed by atoms with van der Waals surface area (Å²) in [5.74, 6) is 1.09. The quantitative estimate of drug-likeness (QED) is 0.513. The molecule has 0 saturated carbocycles. The molecule has 0 radical (unpaired) electrons. The lowest BCUT2D eigenvalue weighted by atomic mass is 10.0. The second kappa shape index (κ2) is 9.60. The van der Waals surface area contributed by atoms with Crippen LogP contribution in [0.1, 0.15) is 30.7 Å². The fraction of sp³-hybridized carbons (Fsp3) is 0.450. The third-order valence-electron chi connectivity index (χ3n) is 4.51. The topological polar surface area (TPSA) is 64.4 Å². The van der Waals surface area contributed by atoms with E-state index in [0.717, 1.165) is 11.3 Å². The number of amides is 1. The second-order valence-electron chi connectivity index (χ2n) is 6.21. The van der Waals surface area contributed by atoms with Crippen LogP contribution >= 0.6 is 11.8 Å². The molecule has 6 nitrogen and oxygen atoms in total. The van der Waals surface area contributed by atoms with Crippen LogP contribution < -0.4 is 10.3 Å². The number of aryl methyl sites for hydroxylation is 1. The molecule has 1 heterocycles. The van der Waals surface area contributed by atoms with Crippen LogP contribution in [0.3, 0.4) is 0 Å². The molecule has 1 aromatic carbocycles. The normalized spacial score (nSPS) is 10.7. The number of thioether (sulfide) groups is 1. The molecule has 0 spiro atoms. The molecule has 27 heavy (non-hydrogen) atoms. The Balaban J connectivity index is 2.22. The van der Waals surface area contributed by atoms with Gasteiger partial charge < -0.3 is 9.64 Å². The summed E-state index contributed by atoms with van der Waals surface area (Å²) in [7, 11) is 3.32. The molecule has 0 saturated heterocycles. The van der Waals surface area contributed by atoms with Crippen molar-refractivity contribution in [2.24, 2.45) is 7.05 Å². The van der Waals surface area contributed by atoms with Crippen molar-refractivity contribution < 1.29 is 9.53 Å². The van der Waals surface area contributed by atoms with Crippen molar-refractivity contribution in [2.45, 2.75) is 32.3 Å². The smallest absolute Gasteiger partial charge is 0.257 e. The molecule has 2 rings (SSSR count). The van der Waals surface area contributed by atoms with E-state index in [1.807, 2.05) is 45.0 Å². The van der Waals surface area contributed by atoms with Gasteiger partial charge in [-0.05, 0) is 38.5 Å². The number of rotatable bonds is 8. The highest BCUT2D eigenvalue weighted by atomic mass is 32.2. The Morgan fingerprint density at radius 3 is 2.63 bits per heavy atom. The van der Waals surface area contributed by atoms with Gasteiger partial charge in [0.1, 0.15) is 5.75 Å². The lowest BCUT2D eigenvalue weighted by Gasteiger charge is -2.18. The molecular weight excluding hydrogens is 362 g/mol. The van der Waals surface area contributed by atoms with Gasteiger partial charge in [-0.1, -0.05) is 23.9 Å². The summed E-state index contributed by atoms with van der Waals surface area (Å²) in [6, 6.07) is 7.67. The molecule has 0 bridgehead atoms. The first kappa shape index (κ1) is 21.0. The maximum atomic E-state index is 12.8. The fourth-order valence-corrected chi connectivity index (χ4v) is 3.76. The van der Waals surface area contributed by atoms with Gasteiger partial charge >= 0.3 is 0 Å². The highest BCUT2D eigenvalue weighted by Crippen LogP contribution is 2.19. The third-order valence-corrected chi connectivity index (χ3v) is 5.52. The van der Waals surface area contributed by atoms with E-state index < -0.39 is 0 Å². The molecule has 0 aliphatic carbocycles. The predicted molar refractivity (Wildman–Crippen MR) is 109 cm³/mol. The number of carbonyl (C=O) groups excluding carboxylic acids is 1. The first-order chi connectivity index (χ1) is 12.9. The van der Waals surface area contributed by atoms with Crippen molar-refractivity contribution in [2.75, 3.05) is 26.0 Å². The van der Waals surface area contributed by atoms with E-state index in [0.29, 0.717) is 35.9 Å². The van der Waals surface area contributed by atoms with Gasteiger partial charge in [-0.3, -0.25) is 14.2 Å². The number of methoxy groups -OCH3 is 1. The van der Waals surface area contributed by atoms with Gasteiger partial charge in [-0.2, -0.15) is 0 Å². The van der Waals surface area contributed by atoms with Gasteiger partial charge in [0.25, 0.3) is 5.56 Å². The molecule has 7 heteroatoms. The van der Waals surface area contributed by atoms with Crippen molar-refractivity contribution in [3.05, 3.63) is 51.4 Å². The van der Waals surface area contributed by atoms with Crippen LogP contribution in [-0.2, 0) is 18.3 Å². The van der Waals surface area contributed by atoms with Gasteiger partial charge in [-0.25, -0.2) is 4.98 Å². The van der Waals surface area contributed by atoms with Crippen molar-refractivity contribution in [1.82, 2.24) is 14.5 Å². The summed E-state index contributed by atoms with van der Waals surface area (Å²) in [6.45, 7) is 7.11. The van der Waals surface area contributed by atoms with Gasteiger partial charge in [0, 0.05) is 37.8 Å². The number of benzene rings is 1. The lowest BCUT2D eigenvalue weighted by molar-refractivity contribution is -0.127. The van der Waals surface area contributed by atoms with Gasteiger partial charge in [0.15, 0.2) is 5.16 Å². The van der Waals surface area contributed by atoms with Gasteiger partial charge in [0.05, 0.1) is 12.9 Å². The number of hydrogen-bond acceptors (Lipinski definition) is 5. The maximum absolute atomic E-state index is 12.8. The van der Waals surface area contributed by atoms with Crippen LogP contribution in [0, 0.1) is 6.92 Å². The highest BCUT2D eigenvalue weighted by Gasteiger charge is 2.16. The maximum Gasteiger partial charge on any atom is 0.257 e. The molecule has 0 unspecified atom stereocenters. The second-order valence-corrected chi connectivity index (χ2v) is 7.15. The van der Waals surface area contributed by atoms with Crippen LogP contribution in [0.2, 0.25) is 0 Å². The van der Waals surface area contributed by atoms with E-state index in [1.165, 1.54) is 16.3 Å². The Bertz CT molecular complexity index is 860. The minimum absolute atomic E-state index is 0.0531. The van der Waals surface area contributed by atoms with Crippen LogP contribution in [0.15, 0.2) is 34.2 Å². The molecule has 2 aromatic rings. The third kappa shape index (κ3) is 5.13. The van der Waals surface area contributed by atoms with Gasteiger partial charge in [-0.15, -0.1) is 0 Å². The van der Waals surface area contributed by atoms with Crippen LogP contribution in [0.5, 0.6) is 5.75 Å². The molecule has 0 N–H and O–H groups in total. The molecule has 1 aromatic heterocycles. The summed E-state index contributed by atoms with van der Waals surface area (Å²) in [5.41, 5.74) is 2.26. The molecule has 0 fully saturated rings. The van der Waals surface area contributed by atoms with E-state index in [1.54, 1.807) is 19.1 Å². The average molecular weight is 390 g/mol. The average Bonchev–Trinajstić information content (AvgIpc) is 2.68. The number of nitrogens with zero attached hydrogens (tertiary/aromatic N) is 3. The van der Waals surface area contributed by atoms with Crippen molar-refractivity contribution in [3.8, 4) is 5.75 Å². The van der Waals surface area contributed by atoms with Crippen molar-refractivity contribution in [1.29, 1.82) is 0 Å². The Kier molecular flexibility index (Phi) is 7.47. The number of carbonyl (C=O) groups is 1. The summed E-state index contributed by atoms with van der Waals surface area (Å²) >= 11 is 1.30. The Labute approximate surface area is 164 Å². The van der Waals surface area contributed by atoms with Crippen LogP contribution in [-0.4, -0.2) is 46.3 Å². The Morgan fingerprint density at radius 1 is 1.30 bits per heavy atom. The first-order valence-electron chi connectivity index (χ1n) is 9.01. The van der Waals surface area contributed by atoms with Gasteiger partial charge in [0.2, 0.25) is 5.91 Å². The largest absolute Gasteiger partial charge is 0.497 e. The number of ether oxygens (including phenoxy) is 1. The van der Waals surface area contributed by atoms with E-state index in [2.05, 4.69) is 4.98 Å². The SMILES string of the molecule is CCN(CC)C(=O)CSc1nc(C)c(Cc2cccc(OC)c2)c(=O)n1C. The van der Waals surface area contributed by atoms with Crippen LogP contribution in [0.25, 0.3) is 0 Å². The zero-order valence-corrected chi connectivity index (χ0v) is 17.4. The summed E-state index contributed by atoms with van der Waals surface area (Å²) in [5, 5.41) is 0.562. The zero-order chi connectivity index (χ0) is 20.0. The summed E-state index contributed by atoms with van der Waals surface area (Å²) in [4.78, 5) is 31.4. The van der Waals surface area contributed by atoms with E-state index in [4.69, 9.17) is 4.74 Å². The Morgan fingerprint density at radius 2 is 2.00 bits per heavy atom. The van der Waals surface area contributed by atoms with Crippen LogP contribution in [0.4, 0.5) is 0 Å². The molecule has 0 atom stereocenters. The molecule has 1 amide bonds. The molecular formula is C20H27N3O3S. The monoisotopic (exact) mass is 389 g/mol. The van der Waals surface area contributed by atoms with E-state index in [9.17, 15) is 9.59 Å². The highest BCUT2D eigenvalue weighted by molar-refractivity contribution is 7.99. The standard InChI is InChI=1S/C20H27N3O3S/c1-6-23(7-2)18(24)13-27-20-21-14(3)17(19(25)22(20)4)12-15-9-8-10-16(11-15)26-5/h8-11H,6-7,12-13H2,1-5H3. The van der Waals surface area contributed by atoms with Crippen molar-refractivity contribution in [3.63, 3.8) is 0 Å². The number of aromatic nitrogens is 2. The van der Waals surface area contributed by atoms with E-state index in [-0.39, 0.29) is 17.2 Å². The fourth-order valence-electron chi connectivity index (χ4n) is 2.84. The van der Waals surface area contributed by atoms with Crippen molar-refractivity contribution >= 4 is 17.7 Å². The summed E-state index contributed by atoms with van der Waals surface area (Å²) < 4.78 is 6.78. The Hall–Kier alpha value is -2.28. The van der Waals surface area contributed by atoms with E-state index >= 15 is 0 Å². The summed E-state index contributed by atoms with van der Waals surface area (Å²) in [6.07, 6.45) is 0.492. The minimum Gasteiger partial charge on any atom is -0.497 e. The molecule has 146 valence electrons. The first-order valence-corrected chi connectivity index (χ1v) is 9.99. The minimum atomic E-state index is -0.0805. The zero-order valence-electron chi connectivity index (χ0n) is 16.6. The molecule has 0 aliphatic rings. The predicted octanol–water partition coefficient (Wildman–Crippen LogP) is 2.65. The number of hydrogen-bond donors (Lipinski definition) is 0.